The number of aromatic nitrogens is 3. The van der Waals surface area contributed by atoms with Gasteiger partial charge in [-0.15, -0.1) is 0 Å². The fourth-order valence-electron chi connectivity index (χ4n) is 5.29. The van der Waals surface area contributed by atoms with Crippen LogP contribution in [0.25, 0.3) is 10.9 Å². The normalized spacial score (nSPS) is 22.2. The summed E-state index contributed by atoms with van der Waals surface area (Å²) in [5.41, 5.74) is -0.0855. The smallest absolute Gasteiger partial charge is 0.324 e. The van der Waals surface area contributed by atoms with Crippen molar-refractivity contribution in [3.8, 4) is 17.9 Å². The molecule has 7 nitrogen and oxygen atoms in total. The molecule has 1 fully saturated rings. The maximum atomic E-state index is 13.9. The number of hydrogen-bond acceptors (Lipinski definition) is 7. The van der Waals surface area contributed by atoms with Crippen LogP contribution in [0, 0.1) is 28.1 Å². The Labute approximate surface area is 200 Å². The lowest BCUT2D eigenvalue weighted by molar-refractivity contribution is -0.144. The molecule has 0 saturated heterocycles. The Morgan fingerprint density at radius 1 is 1.19 bits per heavy atom. The number of carbonyl (C=O) groups is 1. The molecule has 0 aliphatic heterocycles. The van der Waals surface area contributed by atoms with Crippen molar-refractivity contribution in [3.05, 3.63) is 56.1 Å². The van der Waals surface area contributed by atoms with E-state index in [0.717, 1.165) is 16.3 Å². The predicted octanol–water partition coefficient (Wildman–Crippen LogP) is 5.05. The predicted molar refractivity (Wildman–Crippen MR) is 122 cm³/mol. The van der Waals surface area contributed by atoms with E-state index in [9.17, 15) is 15.3 Å². The van der Waals surface area contributed by atoms with Gasteiger partial charge in [-0.25, -0.2) is 9.97 Å². The van der Waals surface area contributed by atoms with Gasteiger partial charge in [0.25, 0.3) is 0 Å². The highest BCUT2D eigenvalue weighted by Crippen LogP contribution is 2.67. The molecule has 5 rings (SSSR count). The number of fused-ring (bicyclic) bond motifs is 6. The van der Waals surface area contributed by atoms with E-state index in [1.807, 2.05) is 44.2 Å². The first-order chi connectivity index (χ1) is 15.3. The molecule has 9 heteroatoms. The van der Waals surface area contributed by atoms with Gasteiger partial charge < -0.3 is 4.74 Å². The molecule has 2 aliphatic rings. The van der Waals surface area contributed by atoms with Gasteiger partial charge in [-0.1, -0.05) is 35.8 Å². The molecular formula is C23H15Br2N5O2. The number of esters is 1. The SMILES string of the molecule is CC1(C)C2CCC1(C(=O)Oc1c(Br)cc(Br)c3cccnc13)c1nc(C#N)c(C#N)nc12. The first-order valence-electron chi connectivity index (χ1n) is 9.94. The van der Waals surface area contributed by atoms with E-state index in [0.29, 0.717) is 33.5 Å². The van der Waals surface area contributed by atoms with E-state index in [2.05, 4.69) is 46.8 Å². The number of benzene rings is 1. The quantitative estimate of drug-likeness (QED) is 0.323. The standard InChI is InChI=1S/C23H15Br2N5O2/c1-22(2)12-5-6-23(22,20-18(12)29-15(9-26)16(10-27)30-20)21(31)32-19-14(25)8-13(24)11-4-3-7-28-17(11)19/h3-4,7-8,12H,5-6H2,1-2H3. The molecule has 0 radical (unpaired) electrons. The van der Waals surface area contributed by atoms with Crippen LogP contribution in [0.15, 0.2) is 33.3 Å². The molecule has 1 saturated carbocycles. The number of pyridine rings is 1. The van der Waals surface area contributed by atoms with Crippen molar-refractivity contribution in [2.75, 3.05) is 0 Å². The third-order valence-corrected chi connectivity index (χ3v) is 8.19. The maximum absolute atomic E-state index is 13.9. The van der Waals surface area contributed by atoms with Crippen LogP contribution in [0.5, 0.6) is 5.75 Å². The Bertz CT molecular complexity index is 1420. The first kappa shape index (κ1) is 21.0. The second-order valence-electron chi connectivity index (χ2n) is 8.55. The van der Waals surface area contributed by atoms with Gasteiger partial charge in [0.05, 0.1) is 15.9 Å². The lowest BCUT2D eigenvalue weighted by Gasteiger charge is -2.35. The number of hydrogen-bond donors (Lipinski definition) is 0. The Balaban J connectivity index is 1.68. The van der Waals surface area contributed by atoms with E-state index in [4.69, 9.17) is 4.74 Å². The summed E-state index contributed by atoms with van der Waals surface area (Å²) < 4.78 is 7.47. The van der Waals surface area contributed by atoms with Crippen molar-refractivity contribution in [3.63, 3.8) is 0 Å². The summed E-state index contributed by atoms with van der Waals surface area (Å²) in [4.78, 5) is 27.3. The summed E-state index contributed by atoms with van der Waals surface area (Å²) in [5, 5.41) is 19.7. The van der Waals surface area contributed by atoms with Crippen LogP contribution in [0.3, 0.4) is 0 Å². The number of halogens is 2. The third kappa shape index (κ3) is 2.55. The molecule has 2 bridgehead atoms. The van der Waals surface area contributed by atoms with Crippen LogP contribution in [-0.2, 0) is 10.2 Å². The Kier molecular flexibility index (Phi) is 4.63. The van der Waals surface area contributed by atoms with Crippen molar-refractivity contribution in [1.29, 1.82) is 10.5 Å². The third-order valence-electron chi connectivity index (χ3n) is 6.94. The van der Waals surface area contributed by atoms with Crippen LogP contribution >= 0.6 is 31.9 Å². The van der Waals surface area contributed by atoms with Crippen LogP contribution in [0.1, 0.15) is 55.4 Å². The van der Waals surface area contributed by atoms with Gasteiger partial charge >= 0.3 is 5.97 Å². The zero-order chi connectivity index (χ0) is 22.8. The van der Waals surface area contributed by atoms with Gasteiger partial charge in [-0.3, -0.25) is 9.78 Å². The molecule has 0 amide bonds. The zero-order valence-electron chi connectivity index (χ0n) is 17.1. The van der Waals surface area contributed by atoms with Crippen molar-refractivity contribution in [1.82, 2.24) is 15.0 Å². The minimum atomic E-state index is -1.08. The minimum Gasteiger partial charge on any atom is -0.422 e. The monoisotopic (exact) mass is 551 g/mol. The molecule has 2 aromatic heterocycles. The summed E-state index contributed by atoms with van der Waals surface area (Å²) in [6.45, 7) is 4.00. The average molecular weight is 553 g/mol. The summed E-state index contributed by atoms with van der Waals surface area (Å²) in [6.07, 6.45) is 2.90. The van der Waals surface area contributed by atoms with Crippen molar-refractivity contribution >= 4 is 48.7 Å². The summed E-state index contributed by atoms with van der Waals surface area (Å²) in [7, 11) is 0. The average Bonchev–Trinajstić information content (AvgIpc) is 3.16. The molecular weight excluding hydrogens is 538 g/mol. The van der Waals surface area contributed by atoms with Crippen molar-refractivity contribution in [2.45, 2.75) is 38.0 Å². The van der Waals surface area contributed by atoms with Crippen LogP contribution < -0.4 is 4.74 Å². The van der Waals surface area contributed by atoms with E-state index in [-0.39, 0.29) is 17.3 Å². The lowest BCUT2D eigenvalue weighted by atomic mass is 9.68. The Morgan fingerprint density at radius 2 is 1.91 bits per heavy atom. The van der Waals surface area contributed by atoms with Gasteiger partial charge in [0, 0.05) is 22.0 Å². The van der Waals surface area contributed by atoms with Crippen LogP contribution in [0.4, 0.5) is 0 Å². The zero-order valence-corrected chi connectivity index (χ0v) is 20.3. The number of ether oxygens (including phenoxy) is 1. The number of nitriles is 2. The molecule has 2 heterocycles. The van der Waals surface area contributed by atoms with Crippen LogP contribution in [-0.4, -0.2) is 20.9 Å². The number of carbonyl (C=O) groups excluding carboxylic acids is 1. The first-order valence-corrected chi connectivity index (χ1v) is 11.5. The van der Waals surface area contributed by atoms with Gasteiger partial charge in [-0.2, -0.15) is 10.5 Å². The maximum Gasteiger partial charge on any atom is 0.324 e. The molecule has 3 aromatic rings. The summed E-state index contributed by atoms with van der Waals surface area (Å²) in [6, 6.07) is 9.41. The molecule has 0 N–H and O–H groups in total. The summed E-state index contributed by atoms with van der Waals surface area (Å²) in [5.74, 6) is -0.180. The fraction of sp³-hybridized carbons (Fsp3) is 0.304. The Hall–Kier alpha value is -2.88. The van der Waals surface area contributed by atoms with E-state index in [1.54, 1.807) is 6.20 Å². The van der Waals surface area contributed by atoms with Gasteiger partial charge in [-0.05, 0) is 46.3 Å². The molecule has 1 aromatic carbocycles. The molecule has 2 unspecified atom stereocenters. The highest BCUT2D eigenvalue weighted by atomic mass is 79.9. The van der Waals surface area contributed by atoms with Gasteiger partial charge in [0.1, 0.15) is 23.1 Å². The van der Waals surface area contributed by atoms with Crippen molar-refractivity contribution < 1.29 is 9.53 Å². The highest BCUT2D eigenvalue weighted by molar-refractivity contribution is 9.11. The van der Waals surface area contributed by atoms with E-state index < -0.39 is 16.8 Å². The largest absolute Gasteiger partial charge is 0.422 e. The molecule has 32 heavy (non-hydrogen) atoms. The lowest BCUT2D eigenvalue weighted by Crippen LogP contribution is -2.46. The van der Waals surface area contributed by atoms with Crippen molar-refractivity contribution in [2.24, 2.45) is 5.41 Å². The van der Waals surface area contributed by atoms with Gasteiger partial charge in [0.15, 0.2) is 17.1 Å². The molecule has 2 atom stereocenters. The van der Waals surface area contributed by atoms with E-state index >= 15 is 0 Å². The fourth-order valence-corrected chi connectivity index (χ4v) is 6.64. The highest BCUT2D eigenvalue weighted by Gasteiger charge is 2.69. The van der Waals surface area contributed by atoms with Gasteiger partial charge in [0.2, 0.25) is 0 Å². The topological polar surface area (TPSA) is 113 Å². The Morgan fingerprint density at radius 3 is 2.62 bits per heavy atom. The second-order valence-corrected chi connectivity index (χ2v) is 10.3. The van der Waals surface area contributed by atoms with Crippen LogP contribution in [0.2, 0.25) is 0 Å². The molecule has 2 aliphatic carbocycles. The minimum absolute atomic E-state index is 0.0102. The molecule has 158 valence electrons. The number of nitrogens with zero attached hydrogens (tertiary/aromatic N) is 5. The number of rotatable bonds is 2. The summed E-state index contributed by atoms with van der Waals surface area (Å²) >= 11 is 7.03. The second kappa shape index (κ2) is 7.06. The molecule has 0 spiro atoms. The van der Waals surface area contributed by atoms with E-state index in [1.165, 1.54) is 0 Å².